The number of fused-ring (bicyclic) bond motifs is 6. The van der Waals surface area contributed by atoms with E-state index in [1.165, 1.54) is 93.2 Å². The maximum absolute atomic E-state index is 2.39. The number of nitrogens with zero attached hydrogens (tertiary/aromatic N) is 2. The maximum Gasteiger partial charge on any atom is 0.0541 e. The summed E-state index contributed by atoms with van der Waals surface area (Å²) in [5.41, 5.74) is 14.2. The van der Waals surface area contributed by atoms with Crippen molar-refractivity contribution in [1.29, 1.82) is 0 Å². The molecule has 11 aromatic carbocycles. The first-order valence-corrected chi connectivity index (χ1v) is 21.3. The van der Waals surface area contributed by atoms with Crippen molar-refractivity contribution in [1.82, 2.24) is 4.57 Å². The second kappa shape index (κ2) is 14.8. The molecule has 12 aromatic rings. The van der Waals surface area contributed by atoms with E-state index in [2.05, 4.69) is 252 Å². The van der Waals surface area contributed by atoms with Crippen LogP contribution >= 0.6 is 0 Å². The molecule has 0 atom stereocenters. The fraction of sp³-hybridized carbons (Fsp3) is 0. The molecule has 0 bridgehead atoms. The lowest BCUT2D eigenvalue weighted by Gasteiger charge is -2.27. The summed E-state index contributed by atoms with van der Waals surface area (Å²) in [4.78, 5) is 2.39. The molecule has 1 heterocycles. The standard InChI is InChI=1S/C60H40N2/c1-3-17-46(18-4-1)61(59-38-36-51(54-23-11-12-24-55(54)59)44-28-27-41-15-7-8-16-43(41)39-44)48-32-29-42(30-33-48)49-34-35-50(53-22-10-9-21-52(49)53)45-31-37-60-57(40-45)56-25-13-14-26-58(56)62(60)47-19-5-2-6-20-47/h1-40H. The van der Waals surface area contributed by atoms with Crippen LogP contribution in [0, 0.1) is 0 Å². The number of hydrogen-bond donors (Lipinski definition) is 0. The van der Waals surface area contributed by atoms with Crippen molar-refractivity contribution < 1.29 is 0 Å². The van der Waals surface area contributed by atoms with Gasteiger partial charge in [-0.05, 0) is 127 Å². The second-order valence-electron chi connectivity index (χ2n) is 16.1. The van der Waals surface area contributed by atoms with Crippen molar-refractivity contribution in [3.05, 3.63) is 243 Å². The van der Waals surface area contributed by atoms with Gasteiger partial charge in [0.05, 0.1) is 16.7 Å². The molecule has 0 aliphatic heterocycles. The van der Waals surface area contributed by atoms with Gasteiger partial charge in [-0.3, -0.25) is 0 Å². The van der Waals surface area contributed by atoms with Gasteiger partial charge >= 0.3 is 0 Å². The van der Waals surface area contributed by atoms with Gasteiger partial charge < -0.3 is 9.47 Å². The van der Waals surface area contributed by atoms with Crippen LogP contribution in [0.5, 0.6) is 0 Å². The number of anilines is 3. The molecule has 0 fully saturated rings. The maximum atomic E-state index is 2.39. The van der Waals surface area contributed by atoms with Crippen LogP contribution in [-0.2, 0) is 0 Å². The van der Waals surface area contributed by atoms with Crippen molar-refractivity contribution in [3.8, 4) is 39.1 Å². The van der Waals surface area contributed by atoms with E-state index in [-0.39, 0.29) is 0 Å². The Bertz CT molecular complexity index is 3620. The molecular formula is C60H40N2. The lowest BCUT2D eigenvalue weighted by molar-refractivity contribution is 1.18. The largest absolute Gasteiger partial charge is 0.310 e. The minimum atomic E-state index is 1.10. The van der Waals surface area contributed by atoms with Crippen LogP contribution in [0.15, 0.2) is 243 Å². The Morgan fingerprint density at radius 1 is 0.274 bits per heavy atom. The van der Waals surface area contributed by atoms with E-state index in [9.17, 15) is 0 Å². The van der Waals surface area contributed by atoms with Gasteiger partial charge in [-0.25, -0.2) is 0 Å². The zero-order valence-corrected chi connectivity index (χ0v) is 34.0. The highest BCUT2D eigenvalue weighted by atomic mass is 15.1. The van der Waals surface area contributed by atoms with Crippen LogP contribution in [0.4, 0.5) is 17.1 Å². The number of aromatic nitrogens is 1. The Labute approximate surface area is 360 Å². The molecule has 0 unspecified atom stereocenters. The molecule has 0 aliphatic carbocycles. The van der Waals surface area contributed by atoms with Gasteiger partial charge in [0.15, 0.2) is 0 Å². The van der Waals surface area contributed by atoms with E-state index in [1.54, 1.807) is 0 Å². The van der Waals surface area contributed by atoms with Crippen LogP contribution in [0.2, 0.25) is 0 Å². The molecule has 0 amide bonds. The molecular weight excluding hydrogens is 749 g/mol. The average molecular weight is 789 g/mol. The van der Waals surface area contributed by atoms with Gasteiger partial charge in [0.2, 0.25) is 0 Å². The van der Waals surface area contributed by atoms with Crippen LogP contribution < -0.4 is 4.90 Å². The summed E-state index contributed by atoms with van der Waals surface area (Å²) in [6.45, 7) is 0. The van der Waals surface area contributed by atoms with E-state index in [4.69, 9.17) is 0 Å². The quantitative estimate of drug-likeness (QED) is 0.156. The van der Waals surface area contributed by atoms with Crippen molar-refractivity contribution in [2.75, 3.05) is 4.90 Å². The Morgan fingerprint density at radius 2 is 0.758 bits per heavy atom. The molecule has 2 heteroatoms. The molecule has 290 valence electrons. The zero-order valence-electron chi connectivity index (χ0n) is 34.0. The topological polar surface area (TPSA) is 8.17 Å². The summed E-state index contributed by atoms with van der Waals surface area (Å²) in [5.74, 6) is 0. The molecule has 1 aromatic heterocycles. The first-order valence-electron chi connectivity index (χ1n) is 21.3. The van der Waals surface area contributed by atoms with E-state index in [1.807, 2.05) is 0 Å². The molecule has 12 rings (SSSR count). The molecule has 0 aliphatic rings. The summed E-state index contributed by atoms with van der Waals surface area (Å²) >= 11 is 0. The monoisotopic (exact) mass is 788 g/mol. The third-order valence-electron chi connectivity index (χ3n) is 12.6. The van der Waals surface area contributed by atoms with E-state index >= 15 is 0 Å². The molecule has 62 heavy (non-hydrogen) atoms. The minimum Gasteiger partial charge on any atom is -0.310 e. The third-order valence-corrected chi connectivity index (χ3v) is 12.6. The van der Waals surface area contributed by atoms with Gasteiger partial charge in [-0.15, -0.1) is 0 Å². The smallest absolute Gasteiger partial charge is 0.0541 e. The number of para-hydroxylation sites is 3. The molecule has 0 radical (unpaired) electrons. The van der Waals surface area contributed by atoms with Gasteiger partial charge in [0.25, 0.3) is 0 Å². The Balaban J connectivity index is 0.944. The fourth-order valence-corrected chi connectivity index (χ4v) is 9.68. The van der Waals surface area contributed by atoms with Crippen LogP contribution in [0.1, 0.15) is 0 Å². The van der Waals surface area contributed by atoms with Crippen molar-refractivity contribution in [3.63, 3.8) is 0 Å². The summed E-state index contributed by atoms with van der Waals surface area (Å²) in [5, 5.41) is 9.92. The predicted octanol–water partition coefficient (Wildman–Crippen LogP) is 16.7. The van der Waals surface area contributed by atoms with Crippen molar-refractivity contribution in [2.45, 2.75) is 0 Å². The van der Waals surface area contributed by atoms with Crippen LogP contribution in [0.3, 0.4) is 0 Å². The SMILES string of the molecule is c1ccc(N(c2ccc(-c3ccc(-c4ccc5c(c4)c4ccccc4n5-c4ccccc4)c4ccccc34)cc2)c2ccc(-c3ccc4ccccc4c3)c3ccccc23)cc1. The van der Waals surface area contributed by atoms with Crippen molar-refractivity contribution >= 4 is 71.2 Å². The molecule has 0 spiro atoms. The summed E-state index contributed by atoms with van der Waals surface area (Å²) in [6.07, 6.45) is 0. The van der Waals surface area contributed by atoms with Crippen LogP contribution in [-0.4, -0.2) is 4.57 Å². The lowest BCUT2D eigenvalue weighted by Crippen LogP contribution is -2.10. The first kappa shape index (κ1) is 35.7. The highest BCUT2D eigenvalue weighted by Crippen LogP contribution is 2.44. The third kappa shape index (κ3) is 5.96. The van der Waals surface area contributed by atoms with Crippen molar-refractivity contribution in [2.24, 2.45) is 0 Å². The number of hydrogen-bond acceptors (Lipinski definition) is 1. The Kier molecular flexibility index (Phi) is 8.53. The normalized spacial score (nSPS) is 11.5. The summed E-state index contributed by atoms with van der Waals surface area (Å²) in [7, 11) is 0. The van der Waals surface area contributed by atoms with Crippen LogP contribution in [0.25, 0.3) is 93.2 Å². The Morgan fingerprint density at radius 3 is 1.48 bits per heavy atom. The lowest BCUT2D eigenvalue weighted by atomic mass is 9.91. The number of benzene rings is 11. The highest BCUT2D eigenvalue weighted by molar-refractivity contribution is 6.13. The van der Waals surface area contributed by atoms with Gasteiger partial charge in [0, 0.05) is 33.2 Å². The highest BCUT2D eigenvalue weighted by Gasteiger charge is 2.19. The van der Waals surface area contributed by atoms with E-state index in [0.717, 1.165) is 17.1 Å². The summed E-state index contributed by atoms with van der Waals surface area (Å²) < 4.78 is 2.38. The zero-order chi connectivity index (χ0) is 41.0. The molecule has 2 nitrogen and oxygen atoms in total. The summed E-state index contributed by atoms with van der Waals surface area (Å²) in [6, 6.07) is 88.4. The van der Waals surface area contributed by atoms with E-state index in [0.29, 0.717) is 0 Å². The molecule has 0 saturated carbocycles. The fourth-order valence-electron chi connectivity index (χ4n) is 9.68. The van der Waals surface area contributed by atoms with Gasteiger partial charge in [0.1, 0.15) is 0 Å². The minimum absolute atomic E-state index is 1.10. The van der Waals surface area contributed by atoms with Gasteiger partial charge in [-0.2, -0.15) is 0 Å². The second-order valence-corrected chi connectivity index (χ2v) is 16.1. The first-order chi connectivity index (χ1) is 30.8. The number of rotatable bonds is 7. The van der Waals surface area contributed by atoms with E-state index < -0.39 is 0 Å². The molecule has 0 saturated heterocycles. The van der Waals surface area contributed by atoms with Gasteiger partial charge in [-0.1, -0.05) is 176 Å². The Hall–Kier alpha value is -8.20. The predicted molar refractivity (Wildman–Crippen MR) is 264 cm³/mol. The molecule has 0 N–H and O–H groups in total. The average Bonchev–Trinajstić information content (AvgIpc) is 3.68.